The number of amides is 3. The summed E-state index contributed by atoms with van der Waals surface area (Å²) in [5, 5.41) is 10.9. The zero-order valence-electron chi connectivity index (χ0n) is 15.2. The SMILES string of the molecule is CCCCCN1C(=O)N(c2ccc([N+](=O)[O-])c(C(F)(F)F)c2)C(=O)C1(C)C. The summed E-state index contributed by atoms with van der Waals surface area (Å²) in [5.41, 5.74) is -4.20. The highest BCUT2D eigenvalue weighted by molar-refractivity contribution is 6.23. The maximum atomic E-state index is 13.2. The number of nitrogens with zero attached hydrogens (tertiary/aromatic N) is 3. The van der Waals surface area contributed by atoms with Crippen molar-refractivity contribution in [1.29, 1.82) is 0 Å². The first-order chi connectivity index (χ1) is 12.4. The van der Waals surface area contributed by atoms with Gasteiger partial charge in [-0.2, -0.15) is 13.2 Å². The lowest BCUT2D eigenvalue weighted by atomic mass is 10.0. The van der Waals surface area contributed by atoms with E-state index in [0.29, 0.717) is 30.0 Å². The van der Waals surface area contributed by atoms with Crippen LogP contribution in [0.2, 0.25) is 0 Å². The largest absolute Gasteiger partial charge is 0.423 e. The maximum absolute atomic E-state index is 13.2. The monoisotopic (exact) mass is 387 g/mol. The Bertz CT molecular complexity index is 777. The van der Waals surface area contributed by atoms with Crippen LogP contribution in [-0.2, 0) is 11.0 Å². The molecule has 0 aromatic heterocycles. The third-order valence-electron chi connectivity index (χ3n) is 4.55. The van der Waals surface area contributed by atoms with Crippen molar-refractivity contribution in [2.75, 3.05) is 11.4 Å². The van der Waals surface area contributed by atoms with Gasteiger partial charge in [-0.25, -0.2) is 9.69 Å². The second kappa shape index (κ2) is 7.16. The molecule has 7 nitrogen and oxygen atoms in total. The number of halogens is 3. The first-order valence-corrected chi connectivity index (χ1v) is 8.44. The summed E-state index contributed by atoms with van der Waals surface area (Å²) in [6.45, 7) is 5.31. The van der Waals surface area contributed by atoms with E-state index in [2.05, 4.69) is 0 Å². The van der Waals surface area contributed by atoms with Crippen LogP contribution < -0.4 is 4.90 Å². The minimum Gasteiger partial charge on any atom is -0.310 e. The van der Waals surface area contributed by atoms with Gasteiger partial charge >= 0.3 is 12.2 Å². The molecule has 1 heterocycles. The summed E-state index contributed by atoms with van der Waals surface area (Å²) < 4.78 is 39.6. The molecule has 0 aliphatic carbocycles. The number of carbonyl (C=O) groups is 2. The lowest BCUT2D eigenvalue weighted by Gasteiger charge is -2.27. The number of nitro benzene ring substituents is 1. The van der Waals surface area contributed by atoms with Crippen LogP contribution >= 0.6 is 0 Å². The summed E-state index contributed by atoms with van der Waals surface area (Å²) in [7, 11) is 0. The van der Waals surface area contributed by atoms with E-state index in [1.165, 1.54) is 18.7 Å². The minimum absolute atomic E-state index is 0.293. The molecule has 10 heteroatoms. The Kier molecular flexibility index (Phi) is 5.48. The Morgan fingerprint density at radius 1 is 1.19 bits per heavy atom. The fourth-order valence-electron chi connectivity index (χ4n) is 3.01. The van der Waals surface area contributed by atoms with Crippen molar-refractivity contribution in [3.63, 3.8) is 0 Å². The number of alkyl halides is 3. The van der Waals surface area contributed by atoms with Crippen LogP contribution in [0, 0.1) is 10.1 Å². The molecule has 0 atom stereocenters. The number of rotatable bonds is 6. The number of hydrogen-bond acceptors (Lipinski definition) is 4. The van der Waals surface area contributed by atoms with Crippen molar-refractivity contribution in [3.05, 3.63) is 33.9 Å². The smallest absolute Gasteiger partial charge is 0.310 e. The summed E-state index contributed by atoms with van der Waals surface area (Å²) in [6.07, 6.45) is -2.61. The molecule has 1 aliphatic heterocycles. The number of unbranched alkanes of at least 4 members (excludes halogenated alkanes) is 2. The van der Waals surface area contributed by atoms with Gasteiger partial charge in [0, 0.05) is 12.6 Å². The Morgan fingerprint density at radius 2 is 1.81 bits per heavy atom. The van der Waals surface area contributed by atoms with Crippen LogP contribution in [0.5, 0.6) is 0 Å². The van der Waals surface area contributed by atoms with Gasteiger partial charge in [-0.1, -0.05) is 19.8 Å². The molecule has 0 N–H and O–H groups in total. The van der Waals surface area contributed by atoms with Crippen molar-refractivity contribution in [2.24, 2.45) is 0 Å². The van der Waals surface area contributed by atoms with E-state index in [0.717, 1.165) is 18.9 Å². The van der Waals surface area contributed by atoms with E-state index < -0.39 is 39.8 Å². The van der Waals surface area contributed by atoms with Crippen LogP contribution in [0.1, 0.15) is 45.6 Å². The number of imide groups is 1. The minimum atomic E-state index is -5.00. The van der Waals surface area contributed by atoms with Gasteiger partial charge in [0.05, 0.1) is 10.6 Å². The van der Waals surface area contributed by atoms with Gasteiger partial charge in [-0.15, -0.1) is 0 Å². The molecule has 148 valence electrons. The highest BCUT2D eigenvalue weighted by atomic mass is 19.4. The summed E-state index contributed by atoms with van der Waals surface area (Å²) >= 11 is 0. The van der Waals surface area contributed by atoms with Gasteiger partial charge in [0.1, 0.15) is 11.1 Å². The van der Waals surface area contributed by atoms with Gasteiger partial charge < -0.3 is 4.90 Å². The number of benzene rings is 1. The molecular formula is C17H20F3N3O4. The summed E-state index contributed by atoms with van der Waals surface area (Å²) in [6, 6.07) is 1.38. The molecule has 1 fully saturated rings. The Morgan fingerprint density at radius 3 is 2.33 bits per heavy atom. The molecular weight excluding hydrogens is 367 g/mol. The molecule has 0 radical (unpaired) electrons. The van der Waals surface area contributed by atoms with Gasteiger partial charge in [0.25, 0.3) is 11.6 Å². The maximum Gasteiger partial charge on any atom is 0.423 e. The fraction of sp³-hybridized carbons (Fsp3) is 0.529. The molecule has 2 rings (SSSR count). The third-order valence-corrected chi connectivity index (χ3v) is 4.55. The van der Waals surface area contributed by atoms with Crippen LogP contribution in [0.4, 0.5) is 29.3 Å². The van der Waals surface area contributed by atoms with Crippen LogP contribution in [0.3, 0.4) is 0 Å². The average Bonchev–Trinajstić information content (AvgIpc) is 2.73. The second-order valence-electron chi connectivity index (χ2n) is 6.80. The molecule has 0 saturated carbocycles. The number of urea groups is 1. The molecule has 0 spiro atoms. The highest BCUT2D eigenvalue weighted by Crippen LogP contribution is 2.40. The zero-order valence-corrected chi connectivity index (χ0v) is 15.2. The molecule has 1 saturated heterocycles. The molecule has 27 heavy (non-hydrogen) atoms. The fourth-order valence-corrected chi connectivity index (χ4v) is 3.01. The number of carbonyl (C=O) groups excluding carboxylic acids is 2. The number of hydrogen-bond donors (Lipinski definition) is 0. The zero-order chi connectivity index (χ0) is 20.6. The quantitative estimate of drug-likeness (QED) is 0.314. The van der Waals surface area contributed by atoms with E-state index >= 15 is 0 Å². The van der Waals surface area contributed by atoms with Gasteiger partial charge in [-0.05, 0) is 32.4 Å². The van der Waals surface area contributed by atoms with E-state index in [9.17, 15) is 32.9 Å². The van der Waals surface area contributed by atoms with Crippen LogP contribution in [-0.4, -0.2) is 33.8 Å². The predicted molar refractivity (Wildman–Crippen MR) is 91.3 cm³/mol. The van der Waals surface area contributed by atoms with E-state index in [1.54, 1.807) is 0 Å². The second-order valence-corrected chi connectivity index (χ2v) is 6.80. The van der Waals surface area contributed by atoms with E-state index in [4.69, 9.17) is 0 Å². The highest BCUT2D eigenvalue weighted by Gasteiger charge is 2.52. The van der Waals surface area contributed by atoms with E-state index in [-0.39, 0.29) is 5.69 Å². The van der Waals surface area contributed by atoms with Crippen molar-refractivity contribution in [3.8, 4) is 0 Å². The Hall–Kier alpha value is -2.65. The van der Waals surface area contributed by atoms with Crippen molar-refractivity contribution in [2.45, 2.75) is 51.7 Å². The van der Waals surface area contributed by atoms with Gasteiger partial charge in [0.2, 0.25) is 0 Å². The first kappa shape index (κ1) is 20.7. The normalized spacial score (nSPS) is 17.0. The standard InChI is InChI=1S/C17H20F3N3O4/c1-4-5-6-9-21-15(25)22(14(24)16(21,2)3)11-7-8-13(23(26)27)12(10-11)17(18,19)20/h7-8,10H,4-6,9H2,1-3H3. The number of nitro groups is 1. The molecule has 1 aromatic carbocycles. The molecule has 1 aromatic rings. The third kappa shape index (κ3) is 3.74. The molecule has 1 aliphatic rings. The van der Waals surface area contributed by atoms with Crippen molar-refractivity contribution in [1.82, 2.24) is 4.90 Å². The lowest BCUT2D eigenvalue weighted by Crippen LogP contribution is -2.44. The summed E-state index contributed by atoms with van der Waals surface area (Å²) in [5.74, 6) is -0.675. The Labute approximate surface area is 153 Å². The first-order valence-electron chi connectivity index (χ1n) is 8.44. The van der Waals surface area contributed by atoms with Gasteiger partial charge in [0.15, 0.2) is 0 Å². The summed E-state index contributed by atoms with van der Waals surface area (Å²) in [4.78, 5) is 37.1. The molecule has 0 unspecified atom stereocenters. The lowest BCUT2D eigenvalue weighted by molar-refractivity contribution is -0.388. The topological polar surface area (TPSA) is 83.8 Å². The average molecular weight is 387 g/mol. The van der Waals surface area contributed by atoms with Crippen LogP contribution in [0.25, 0.3) is 0 Å². The Balaban J connectivity index is 2.47. The van der Waals surface area contributed by atoms with Gasteiger partial charge in [-0.3, -0.25) is 14.9 Å². The van der Waals surface area contributed by atoms with Crippen molar-refractivity contribution >= 4 is 23.3 Å². The number of anilines is 1. The van der Waals surface area contributed by atoms with E-state index in [1.807, 2.05) is 6.92 Å². The van der Waals surface area contributed by atoms with Crippen molar-refractivity contribution < 1.29 is 27.7 Å². The van der Waals surface area contributed by atoms with Crippen LogP contribution in [0.15, 0.2) is 18.2 Å². The molecule has 0 bridgehead atoms. The predicted octanol–water partition coefficient (Wildman–Crippen LogP) is 4.35. The molecule has 3 amide bonds.